The average molecular weight is 1010 g/mol. The Morgan fingerprint density at radius 2 is 0.675 bits per heavy atom. The van der Waals surface area contributed by atoms with Gasteiger partial charge in [0.25, 0.3) is 0 Å². The predicted molar refractivity (Wildman–Crippen MR) is 331 cm³/mol. The lowest BCUT2D eigenvalue weighted by Gasteiger charge is -2.39. The maximum absolute atomic E-state index is 2.53. The highest BCUT2D eigenvalue weighted by molar-refractivity contribution is 6.13. The third-order valence-electron chi connectivity index (χ3n) is 18.6. The molecule has 4 aliphatic rings. The largest absolute Gasteiger partial charge is 0.310 e. The molecule has 0 fully saturated rings. The fraction of sp³-hybridized carbons (Fsp3) is 0.0256. The van der Waals surface area contributed by atoms with Crippen molar-refractivity contribution < 1.29 is 0 Å². The molecule has 80 heavy (non-hydrogen) atoms. The van der Waals surface area contributed by atoms with Crippen molar-refractivity contribution in [2.45, 2.75) is 10.8 Å². The van der Waals surface area contributed by atoms with Crippen LogP contribution in [-0.2, 0) is 10.8 Å². The molecule has 1 aromatic heterocycles. The van der Waals surface area contributed by atoms with Crippen LogP contribution in [0.25, 0.3) is 93.9 Å². The summed E-state index contributed by atoms with van der Waals surface area (Å²) in [6.07, 6.45) is 0. The summed E-state index contributed by atoms with van der Waals surface area (Å²) in [5.74, 6) is 0. The van der Waals surface area contributed by atoms with Crippen LogP contribution in [0.4, 0.5) is 17.1 Å². The average Bonchev–Trinajstić information content (AvgIpc) is 4.12. The Morgan fingerprint density at radius 1 is 0.250 bits per heavy atom. The molecule has 13 aromatic carbocycles. The van der Waals surface area contributed by atoms with Crippen LogP contribution in [0.5, 0.6) is 0 Å². The minimum Gasteiger partial charge on any atom is -0.310 e. The molecule has 0 amide bonds. The summed E-state index contributed by atoms with van der Waals surface area (Å²) in [7, 11) is 0. The van der Waals surface area contributed by atoms with Gasteiger partial charge < -0.3 is 9.47 Å². The van der Waals surface area contributed by atoms with Crippen LogP contribution in [-0.4, -0.2) is 4.57 Å². The van der Waals surface area contributed by atoms with Crippen LogP contribution in [0.2, 0.25) is 0 Å². The number of para-hydroxylation sites is 3. The number of benzene rings is 13. The van der Waals surface area contributed by atoms with Gasteiger partial charge in [0.1, 0.15) is 0 Å². The summed E-state index contributed by atoms with van der Waals surface area (Å²) in [6.45, 7) is 0. The van der Waals surface area contributed by atoms with Gasteiger partial charge >= 0.3 is 0 Å². The molecule has 0 saturated carbocycles. The molecule has 14 aromatic rings. The molecule has 18 rings (SSSR count). The number of rotatable bonds is 5. The van der Waals surface area contributed by atoms with Crippen molar-refractivity contribution in [2.75, 3.05) is 4.90 Å². The zero-order chi connectivity index (χ0) is 52.3. The van der Waals surface area contributed by atoms with Gasteiger partial charge in [-0.1, -0.05) is 237 Å². The van der Waals surface area contributed by atoms with E-state index in [1.54, 1.807) is 0 Å². The summed E-state index contributed by atoms with van der Waals surface area (Å²) in [5.41, 5.74) is 29.3. The molecule has 1 atom stereocenters. The van der Waals surface area contributed by atoms with Gasteiger partial charge in [-0.25, -0.2) is 0 Å². The first kappa shape index (κ1) is 43.8. The van der Waals surface area contributed by atoms with Gasteiger partial charge in [0.15, 0.2) is 0 Å². The van der Waals surface area contributed by atoms with E-state index in [4.69, 9.17) is 0 Å². The van der Waals surface area contributed by atoms with E-state index < -0.39 is 10.8 Å². The number of hydrogen-bond acceptors (Lipinski definition) is 1. The highest BCUT2D eigenvalue weighted by Crippen LogP contribution is 2.64. The Hall–Kier alpha value is -10.3. The van der Waals surface area contributed by atoms with E-state index in [0.717, 1.165) is 17.1 Å². The van der Waals surface area contributed by atoms with E-state index >= 15 is 0 Å². The molecular formula is C78H48N2. The third kappa shape index (κ3) is 5.57. The second-order valence-electron chi connectivity index (χ2n) is 22.2. The van der Waals surface area contributed by atoms with Gasteiger partial charge in [-0.2, -0.15) is 0 Å². The first-order chi connectivity index (χ1) is 39.7. The summed E-state index contributed by atoms with van der Waals surface area (Å²) >= 11 is 0. The van der Waals surface area contributed by atoms with Crippen molar-refractivity contribution in [3.8, 4) is 61.3 Å². The first-order valence-electron chi connectivity index (χ1n) is 28.0. The highest BCUT2D eigenvalue weighted by atomic mass is 15.1. The number of nitrogens with zero attached hydrogens (tertiary/aromatic N) is 2. The Balaban J connectivity index is 0.815. The molecule has 2 heterocycles. The zero-order valence-corrected chi connectivity index (χ0v) is 43.6. The number of anilines is 3. The topological polar surface area (TPSA) is 8.17 Å². The quantitative estimate of drug-likeness (QED) is 0.167. The molecule has 2 spiro atoms. The summed E-state index contributed by atoms with van der Waals surface area (Å²) in [6, 6.07) is 110. The first-order valence-corrected chi connectivity index (χ1v) is 28.0. The van der Waals surface area contributed by atoms with E-state index in [0.29, 0.717) is 0 Å². The summed E-state index contributed by atoms with van der Waals surface area (Å²) < 4.78 is 2.53. The summed E-state index contributed by atoms with van der Waals surface area (Å²) in [4.78, 5) is 2.47. The Kier molecular flexibility index (Phi) is 8.83. The fourth-order valence-corrected chi connectivity index (χ4v) is 15.5. The van der Waals surface area contributed by atoms with Crippen LogP contribution < -0.4 is 4.90 Å². The maximum Gasteiger partial charge on any atom is 0.0754 e. The van der Waals surface area contributed by atoms with Gasteiger partial charge in [0, 0.05) is 27.8 Å². The predicted octanol–water partition coefficient (Wildman–Crippen LogP) is 19.8. The minimum atomic E-state index is -0.526. The minimum absolute atomic E-state index is 0.464. The Bertz CT molecular complexity index is 4890. The van der Waals surface area contributed by atoms with Crippen LogP contribution in [0.3, 0.4) is 0 Å². The molecule has 3 aliphatic carbocycles. The van der Waals surface area contributed by atoms with Crippen molar-refractivity contribution in [3.63, 3.8) is 0 Å². The Morgan fingerprint density at radius 3 is 1.34 bits per heavy atom. The van der Waals surface area contributed by atoms with Crippen LogP contribution in [0.1, 0.15) is 44.5 Å². The maximum atomic E-state index is 2.53. The lowest BCUT2D eigenvalue weighted by molar-refractivity contribution is 0.749. The molecule has 0 bridgehead atoms. The van der Waals surface area contributed by atoms with Crippen molar-refractivity contribution in [3.05, 3.63) is 336 Å². The normalized spacial score (nSPS) is 15.2. The second kappa shape index (κ2) is 16.1. The van der Waals surface area contributed by atoms with Crippen molar-refractivity contribution in [1.29, 1.82) is 0 Å². The Labute approximate surface area is 464 Å². The van der Waals surface area contributed by atoms with Crippen molar-refractivity contribution in [1.82, 2.24) is 4.57 Å². The van der Waals surface area contributed by atoms with E-state index in [-0.39, 0.29) is 0 Å². The van der Waals surface area contributed by atoms with E-state index in [1.807, 2.05) is 0 Å². The van der Waals surface area contributed by atoms with E-state index in [1.165, 1.54) is 138 Å². The van der Waals surface area contributed by atoms with Crippen LogP contribution >= 0.6 is 0 Å². The monoisotopic (exact) mass is 1010 g/mol. The van der Waals surface area contributed by atoms with Crippen LogP contribution in [0.15, 0.2) is 291 Å². The van der Waals surface area contributed by atoms with Gasteiger partial charge in [-0.3, -0.25) is 0 Å². The number of aromatic nitrogens is 1. The van der Waals surface area contributed by atoms with Gasteiger partial charge in [-0.15, -0.1) is 0 Å². The van der Waals surface area contributed by atoms with Gasteiger partial charge in [0.2, 0.25) is 0 Å². The summed E-state index contributed by atoms with van der Waals surface area (Å²) in [5, 5.41) is 5.07. The van der Waals surface area contributed by atoms with Gasteiger partial charge in [0.05, 0.1) is 27.6 Å². The van der Waals surface area contributed by atoms with Crippen LogP contribution in [0, 0.1) is 0 Å². The SMILES string of the molecule is c1ccc2c(c1)-c1ccccc1C21c2ccccc2-c2ccc(N(c3ccc(-c4ccc5c(c4)C4(c6ccccc6-5)c5ccccc5-n5c6ccccc6c6cccc4c65)cc3)c3ccc(-c4cccc5ccccc45)cc3)cc21. The fourth-order valence-electron chi connectivity index (χ4n) is 15.5. The van der Waals surface area contributed by atoms with E-state index in [2.05, 4.69) is 301 Å². The molecule has 0 saturated heterocycles. The molecule has 1 unspecified atom stereocenters. The number of hydrogen-bond donors (Lipinski definition) is 0. The lowest BCUT2D eigenvalue weighted by Crippen LogP contribution is -2.33. The third-order valence-corrected chi connectivity index (χ3v) is 18.6. The smallest absolute Gasteiger partial charge is 0.0754 e. The molecule has 370 valence electrons. The molecule has 1 aliphatic heterocycles. The molecule has 2 heteroatoms. The zero-order valence-electron chi connectivity index (χ0n) is 43.6. The molecule has 2 nitrogen and oxygen atoms in total. The van der Waals surface area contributed by atoms with Gasteiger partial charge in [-0.05, 0) is 166 Å². The second-order valence-corrected chi connectivity index (χ2v) is 22.2. The lowest BCUT2D eigenvalue weighted by atomic mass is 9.65. The van der Waals surface area contributed by atoms with Crippen molar-refractivity contribution >= 4 is 49.6 Å². The standard InChI is InChI=1S/C78H48N2/c1-2-19-56-50(17-1)18-15-25-57(56)51-37-42-54(43-38-51)79(55-44-46-63-61-23-5-10-29-68(61)77(73(63)48-55)66-27-8-3-20-58(66)59-21-4-9-28-67(59)77)53-40-35-49(36-41-53)52-39-45-62-60-22-6-11-30-69(60)78(72(62)47-52)70-31-12-14-34-75(70)80-74-33-13-7-24-64(74)65-26-16-32-71(78)76(65)80/h1-48H. The van der Waals surface area contributed by atoms with E-state index in [9.17, 15) is 0 Å². The molecular weight excluding hydrogens is 965 g/mol. The highest BCUT2D eigenvalue weighted by Gasteiger charge is 2.53. The molecule has 0 N–H and O–H groups in total. The van der Waals surface area contributed by atoms with Crippen molar-refractivity contribution in [2.24, 2.45) is 0 Å². The number of fused-ring (bicyclic) bond motifs is 23. The molecule has 0 radical (unpaired) electrons.